The Morgan fingerprint density at radius 3 is 2.35 bits per heavy atom. The van der Waals surface area contributed by atoms with Gasteiger partial charge in [0.25, 0.3) is 0 Å². The summed E-state index contributed by atoms with van der Waals surface area (Å²) in [7, 11) is -1.90. The summed E-state index contributed by atoms with van der Waals surface area (Å²) in [6, 6.07) is 4.42. The molecule has 0 aromatic heterocycles. The van der Waals surface area contributed by atoms with Crippen LogP contribution in [0, 0.1) is 0 Å². The first-order valence-electron chi connectivity index (χ1n) is 6.07. The summed E-state index contributed by atoms with van der Waals surface area (Å²) in [5.41, 5.74) is 0. The Bertz CT molecular complexity index is 560. The van der Waals surface area contributed by atoms with E-state index in [2.05, 4.69) is 5.32 Å². The number of benzene rings is 1. The average Bonchev–Trinajstić information content (AvgIpc) is 2.41. The molecule has 1 aliphatic heterocycles. The van der Waals surface area contributed by atoms with E-state index in [4.69, 9.17) is 23.2 Å². The molecule has 20 heavy (non-hydrogen) atoms. The molecule has 0 spiro atoms. The van der Waals surface area contributed by atoms with Crippen LogP contribution in [0.15, 0.2) is 23.1 Å². The van der Waals surface area contributed by atoms with Crippen LogP contribution in [-0.4, -0.2) is 38.9 Å². The van der Waals surface area contributed by atoms with Crippen molar-refractivity contribution in [3.8, 4) is 0 Å². The summed E-state index contributed by atoms with van der Waals surface area (Å²) in [5, 5.41) is 3.82. The van der Waals surface area contributed by atoms with Gasteiger partial charge in [0.15, 0.2) is 0 Å². The van der Waals surface area contributed by atoms with Gasteiger partial charge in [-0.2, -0.15) is 4.31 Å². The Morgan fingerprint density at radius 1 is 1.20 bits per heavy atom. The van der Waals surface area contributed by atoms with Crippen molar-refractivity contribution in [2.75, 3.05) is 20.1 Å². The van der Waals surface area contributed by atoms with Crippen LogP contribution in [0.2, 0.25) is 10.0 Å². The molecule has 0 aliphatic carbocycles. The van der Waals surface area contributed by atoms with Crippen LogP contribution < -0.4 is 5.32 Å². The van der Waals surface area contributed by atoms with E-state index in [0.29, 0.717) is 5.02 Å². The Morgan fingerprint density at radius 2 is 1.80 bits per heavy atom. The summed E-state index contributed by atoms with van der Waals surface area (Å²) in [4.78, 5) is 0.183. The SMILES string of the molecule is CN(C1CCNCC1)S(=O)(=O)c1ccc(Cl)c(Cl)c1.Cl. The van der Waals surface area contributed by atoms with Gasteiger partial charge in [-0.1, -0.05) is 23.2 Å². The maximum atomic E-state index is 12.5. The molecule has 1 fully saturated rings. The predicted molar refractivity (Wildman–Crippen MR) is 84.6 cm³/mol. The lowest BCUT2D eigenvalue weighted by Crippen LogP contribution is -2.43. The highest BCUT2D eigenvalue weighted by Gasteiger charge is 2.29. The van der Waals surface area contributed by atoms with Crippen LogP contribution in [0.1, 0.15) is 12.8 Å². The molecule has 1 heterocycles. The van der Waals surface area contributed by atoms with Gasteiger partial charge in [-0.05, 0) is 44.1 Å². The summed E-state index contributed by atoms with van der Waals surface area (Å²) in [5.74, 6) is 0. The number of hydrogen-bond donors (Lipinski definition) is 1. The van der Waals surface area contributed by atoms with Crippen LogP contribution in [0.4, 0.5) is 0 Å². The molecule has 1 aliphatic rings. The Kier molecular flexibility index (Phi) is 6.57. The minimum Gasteiger partial charge on any atom is -0.317 e. The number of rotatable bonds is 3. The van der Waals surface area contributed by atoms with Crippen molar-refractivity contribution in [3.63, 3.8) is 0 Å². The quantitative estimate of drug-likeness (QED) is 0.903. The summed E-state index contributed by atoms with van der Waals surface area (Å²) in [6.45, 7) is 1.68. The van der Waals surface area contributed by atoms with Gasteiger partial charge in [0.2, 0.25) is 10.0 Å². The third kappa shape index (κ3) is 3.78. The zero-order valence-corrected chi connectivity index (χ0v) is 14.1. The van der Waals surface area contributed by atoms with Crippen molar-refractivity contribution in [1.29, 1.82) is 0 Å². The number of piperidine rings is 1. The van der Waals surface area contributed by atoms with Crippen LogP contribution in [-0.2, 0) is 10.0 Å². The molecule has 0 atom stereocenters. The highest BCUT2D eigenvalue weighted by atomic mass is 35.5. The van der Waals surface area contributed by atoms with Crippen molar-refractivity contribution in [2.24, 2.45) is 0 Å². The lowest BCUT2D eigenvalue weighted by atomic mass is 10.1. The molecule has 0 saturated carbocycles. The van der Waals surface area contributed by atoms with E-state index in [9.17, 15) is 8.42 Å². The molecule has 0 amide bonds. The van der Waals surface area contributed by atoms with Crippen LogP contribution in [0.5, 0.6) is 0 Å². The lowest BCUT2D eigenvalue weighted by Gasteiger charge is -2.30. The molecular formula is C12H17Cl3N2O2S. The third-order valence-corrected chi connectivity index (χ3v) is 6.04. The van der Waals surface area contributed by atoms with E-state index < -0.39 is 10.0 Å². The van der Waals surface area contributed by atoms with Gasteiger partial charge in [0.1, 0.15) is 0 Å². The monoisotopic (exact) mass is 358 g/mol. The Balaban J connectivity index is 0.00000200. The largest absolute Gasteiger partial charge is 0.317 e. The van der Waals surface area contributed by atoms with Crippen LogP contribution in [0.3, 0.4) is 0 Å². The van der Waals surface area contributed by atoms with Gasteiger partial charge in [-0.15, -0.1) is 12.4 Å². The van der Waals surface area contributed by atoms with E-state index in [1.165, 1.54) is 22.5 Å². The molecule has 114 valence electrons. The second-order valence-corrected chi connectivity index (χ2v) is 7.39. The Labute approximate surface area is 135 Å². The second-order valence-electron chi connectivity index (χ2n) is 4.58. The summed E-state index contributed by atoms with van der Waals surface area (Å²) in [6.07, 6.45) is 1.63. The van der Waals surface area contributed by atoms with E-state index >= 15 is 0 Å². The number of nitrogens with zero attached hydrogens (tertiary/aromatic N) is 1. The van der Waals surface area contributed by atoms with Crippen LogP contribution >= 0.6 is 35.6 Å². The fourth-order valence-electron chi connectivity index (χ4n) is 2.17. The molecular weight excluding hydrogens is 343 g/mol. The number of nitrogens with one attached hydrogen (secondary N) is 1. The van der Waals surface area contributed by atoms with Crippen molar-refractivity contribution < 1.29 is 8.42 Å². The molecule has 1 saturated heterocycles. The van der Waals surface area contributed by atoms with Crippen molar-refractivity contribution in [2.45, 2.75) is 23.8 Å². The molecule has 8 heteroatoms. The molecule has 0 radical (unpaired) electrons. The fraction of sp³-hybridized carbons (Fsp3) is 0.500. The molecule has 0 unspecified atom stereocenters. The maximum Gasteiger partial charge on any atom is 0.243 e. The lowest BCUT2D eigenvalue weighted by molar-refractivity contribution is 0.296. The first kappa shape index (κ1) is 18.0. The van der Waals surface area contributed by atoms with Gasteiger partial charge < -0.3 is 5.32 Å². The minimum absolute atomic E-state index is 0. The third-order valence-electron chi connectivity index (χ3n) is 3.39. The topological polar surface area (TPSA) is 49.4 Å². The molecule has 1 aromatic rings. The van der Waals surface area contributed by atoms with Gasteiger partial charge in [-0.25, -0.2) is 8.42 Å². The van der Waals surface area contributed by atoms with Crippen molar-refractivity contribution in [3.05, 3.63) is 28.2 Å². The first-order valence-corrected chi connectivity index (χ1v) is 8.26. The molecule has 0 bridgehead atoms. The standard InChI is InChI=1S/C12H16Cl2N2O2S.ClH/c1-16(9-4-6-15-7-5-9)19(17,18)10-2-3-11(13)12(14)8-10;/h2-3,8-9,15H,4-7H2,1H3;1H. The van der Waals surface area contributed by atoms with Crippen molar-refractivity contribution >= 4 is 45.6 Å². The first-order chi connectivity index (χ1) is 8.93. The zero-order chi connectivity index (χ0) is 14.0. The normalized spacial score (nSPS) is 17.0. The number of halogens is 3. The smallest absolute Gasteiger partial charge is 0.243 e. The molecule has 2 rings (SSSR count). The van der Waals surface area contributed by atoms with E-state index in [0.717, 1.165) is 25.9 Å². The van der Waals surface area contributed by atoms with Gasteiger partial charge in [0, 0.05) is 13.1 Å². The van der Waals surface area contributed by atoms with Crippen LogP contribution in [0.25, 0.3) is 0 Å². The van der Waals surface area contributed by atoms with E-state index in [1.54, 1.807) is 7.05 Å². The zero-order valence-electron chi connectivity index (χ0n) is 11.0. The summed E-state index contributed by atoms with van der Waals surface area (Å²) < 4.78 is 26.4. The highest BCUT2D eigenvalue weighted by Crippen LogP contribution is 2.27. The summed E-state index contributed by atoms with van der Waals surface area (Å²) >= 11 is 11.7. The van der Waals surface area contributed by atoms with Crippen molar-refractivity contribution in [1.82, 2.24) is 9.62 Å². The highest BCUT2D eigenvalue weighted by molar-refractivity contribution is 7.89. The second kappa shape index (κ2) is 7.29. The Hall–Kier alpha value is -0.0400. The predicted octanol–water partition coefficient (Wildman–Crippen LogP) is 2.79. The number of hydrogen-bond acceptors (Lipinski definition) is 3. The maximum absolute atomic E-state index is 12.5. The van der Waals surface area contributed by atoms with Gasteiger partial charge in [-0.3, -0.25) is 0 Å². The fourth-order valence-corrected chi connectivity index (χ4v) is 3.98. The van der Waals surface area contributed by atoms with E-state index in [-0.39, 0.29) is 28.4 Å². The molecule has 1 aromatic carbocycles. The van der Waals surface area contributed by atoms with Gasteiger partial charge >= 0.3 is 0 Å². The number of sulfonamides is 1. The van der Waals surface area contributed by atoms with Gasteiger partial charge in [0.05, 0.1) is 14.9 Å². The average molecular weight is 360 g/mol. The van der Waals surface area contributed by atoms with E-state index in [1.807, 2.05) is 0 Å². The molecule has 4 nitrogen and oxygen atoms in total. The molecule has 1 N–H and O–H groups in total. The minimum atomic E-state index is -3.52.